The fourth-order valence-corrected chi connectivity index (χ4v) is 8.02. The summed E-state index contributed by atoms with van der Waals surface area (Å²) in [5.41, 5.74) is 2.90. The molecule has 3 aliphatic rings. The summed E-state index contributed by atoms with van der Waals surface area (Å²) in [4.78, 5) is 0. The molecule has 0 aliphatic heterocycles. The van der Waals surface area contributed by atoms with Crippen LogP contribution < -0.4 is 0 Å². The maximum Gasteiger partial charge on any atom is -0.0334 e. The molecule has 0 saturated heterocycles. The predicted molar refractivity (Wildman–Crippen MR) is 380 cm³/mol. The Labute approximate surface area is 512 Å². The lowest BCUT2D eigenvalue weighted by molar-refractivity contribution is 0.240. The molecule has 0 aromatic rings. The minimum absolute atomic E-state index is 0.500. The van der Waals surface area contributed by atoms with Gasteiger partial charge in [0.2, 0.25) is 0 Å². The quantitative estimate of drug-likeness (QED) is 0.144. The van der Waals surface area contributed by atoms with Crippen LogP contribution in [-0.4, -0.2) is 0 Å². The van der Waals surface area contributed by atoms with E-state index in [0.29, 0.717) is 27.1 Å². The third-order valence-electron chi connectivity index (χ3n) is 20.5. The molecule has 3 rings (SSSR count). The number of hydrogen-bond acceptors (Lipinski definition) is 0. The lowest BCUT2D eigenvalue weighted by Crippen LogP contribution is -2.17. The van der Waals surface area contributed by atoms with E-state index in [2.05, 4.69) is 263 Å². The van der Waals surface area contributed by atoms with Crippen molar-refractivity contribution in [3.05, 3.63) is 0 Å². The van der Waals surface area contributed by atoms with E-state index in [1.165, 1.54) is 154 Å². The average molecular weight is 1120 g/mol. The van der Waals surface area contributed by atoms with Crippen molar-refractivity contribution in [3.63, 3.8) is 0 Å². The van der Waals surface area contributed by atoms with E-state index < -0.39 is 0 Å². The van der Waals surface area contributed by atoms with Gasteiger partial charge in [-0.2, -0.15) is 0 Å². The molecule has 79 heavy (non-hydrogen) atoms. The van der Waals surface area contributed by atoms with Gasteiger partial charge in [-0.05, 0) is 117 Å². The molecule has 3 saturated carbocycles. The Bertz CT molecular complexity index is 1040. The second kappa shape index (κ2) is 57.1. The lowest BCUT2D eigenvalue weighted by Gasteiger charge is -2.27. The fourth-order valence-electron chi connectivity index (χ4n) is 8.02. The van der Waals surface area contributed by atoms with Gasteiger partial charge in [0.15, 0.2) is 0 Å². The Morgan fingerprint density at radius 2 is 0.709 bits per heavy atom. The molecule has 490 valence electrons. The molecule has 0 bridgehead atoms. The van der Waals surface area contributed by atoms with Gasteiger partial charge in [-0.3, -0.25) is 0 Å². The lowest BCUT2D eigenvalue weighted by atomic mass is 9.79. The van der Waals surface area contributed by atoms with Crippen molar-refractivity contribution in [1.29, 1.82) is 0 Å². The van der Waals surface area contributed by atoms with Crippen molar-refractivity contribution >= 4 is 0 Å². The molecule has 0 heterocycles. The van der Waals surface area contributed by atoms with E-state index in [9.17, 15) is 0 Å². The fraction of sp³-hybridized carbons (Fsp3) is 1.00. The molecule has 3 aliphatic carbocycles. The minimum atomic E-state index is 0.500. The maximum atomic E-state index is 2.36. The normalized spacial score (nSPS) is 15.8. The first-order chi connectivity index (χ1) is 35.9. The Balaban J connectivity index is -0.000000117. The van der Waals surface area contributed by atoms with Gasteiger partial charge in [0.1, 0.15) is 0 Å². The number of rotatable bonds is 16. The standard InChI is InChI=1S/2C8H18.3C7H14.6C7H16/c1-6-8(4,5)7(2)3;1-6(2)8(5)7(3)4;1-7(2)5-3-4-6-7;1-7-5-3-2-4-6-7;1-2-7-5-3-4-6-7;1-6(2)7(3,4)5;1-6(2)5-7(3)4;2*1-5-7(3,4)6-2;1-5-7(4)6(2)3;1-4-7(5-2)6-3/h7H,6H2,1-5H3;6-8H,1-5H3;3-6H2,1-2H3;2*7H,2-6H2,1H3;6H,1-5H3;6-7H,5H2,1-4H3;2*5-6H2,1-4H3;6-7H,5H2,1-4H3;7H,4-6H2,1-3H3/t;;;;;;;;;7-;/m.........0./s1. The predicted octanol–water partition coefficient (Wildman–Crippen LogP) is 30.3. The van der Waals surface area contributed by atoms with Crippen LogP contribution >= 0.6 is 0 Å². The van der Waals surface area contributed by atoms with E-state index in [1.54, 1.807) is 0 Å². The average Bonchev–Trinajstić information content (AvgIpc) is 4.06. The Kier molecular flexibility index (Phi) is 68.9. The van der Waals surface area contributed by atoms with Gasteiger partial charge in [-0.25, -0.2) is 0 Å². The van der Waals surface area contributed by atoms with E-state index in [-0.39, 0.29) is 0 Å². The second-order valence-electron chi connectivity index (χ2n) is 32.5. The molecule has 0 heteroatoms. The van der Waals surface area contributed by atoms with E-state index >= 15 is 0 Å². The minimum Gasteiger partial charge on any atom is -0.0651 e. The van der Waals surface area contributed by atoms with Crippen LogP contribution in [0.25, 0.3) is 0 Å². The highest BCUT2D eigenvalue weighted by atomic mass is 14.3. The van der Waals surface area contributed by atoms with Crippen molar-refractivity contribution in [3.8, 4) is 0 Å². The van der Waals surface area contributed by atoms with Crippen LogP contribution in [0.15, 0.2) is 0 Å². The summed E-state index contributed by atoms with van der Waals surface area (Å²) in [6.45, 7) is 86.6. The van der Waals surface area contributed by atoms with Gasteiger partial charge in [-0.15, -0.1) is 0 Å². The van der Waals surface area contributed by atoms with Gasteiger partial charge in [0.25, 0.3) is 0 Å². The van der Waals surface area contributed by atoms with Crippen molar-refractivity contribution in [2.45, 2.75) is 417 Å². The van der Waals surface area contributed by atoms with Crippen LogP contribution in [0, 0.1) is 98.1 Å². The van der Waals surface area contributed by atoms with Crippen LogP contribution in [0.4, 0.5) is 0 Å². The summed E-state index contributed by atoms with van der Waals surface area (Å²) in [7, 11) is 0. The zero-order chi connectivity index (χ0) is 64.4. The van der Waals surface area contributed by atoms with Crippen LogP contribution in [0.2, 0.25) is 0 Å². The molecular formula is C79H174. The summed E-state index contributed by atoms with van der Waals surface area (Å²) in [5, 5.41) is 0. The van der Waals surface area contributed by atoms with Crippen molar-refractivity contribution in [1.82, 2.24) is 0 Å². The third-order valence-corrected chi connectivity index (χ3v) is 20.5. The van der Waals surface area contributed by atoms with E-state index in [0.717, 1.165) is 71.0 Å². The highest BCUT2D eigenvalue weighted by Gasteiger charge is 2.22. The van der Waals surface area contributed by atoms with E-state index in [4.69, 9.17) is 0 Å². The van der Waals surface area contributed by atoms with Crippen LogP contribution in [0.1, 0.15) is 417 Å². The van der Waals surface area contributed by atoms with E-state index in [1.807, 2.05) is 0 Å². The highest BCUT2D eigenvalue weighted by Crippen LogP contribution is 2.36. The van der Waals surface area contributed by atoms with Crippen LogP contribution in [0.3, 0.4) is 0 Å². The number of hydrogen-bond donors (Lipinski definition) is 0. The molecular weight excluding hydrogens is 949 g/mol. The summed E-state index contributed by atoms with van der Waals surface area (Å²) in [6, 6.07) is 0. The zero-order valence-corrected chi connectivity index (χ0v) is 64.4. The molecule has 0 aromatic heterocycles. The molecule has 0 unspecified atom stereocenters. The summed E-state index contributed by atoms with van der Waals surface area (Å²) in [6.07, 6.45) is 33.9. The first kappa shape index (κ1) is 95.3. The molecule has 1 atom stereocenters. The summed E-state index contributed by atoms with van der Waals surface area (Å²) < 4.78 is 0. The first-order valence-corrected chi connectivity index (χ1v) is 35.9. The van der Waals surface area contributed by atoms with Gasteiger partial charge in [-0.1, -0.05) is 398 Å². The Morgan fingerprint density at radius 3 is 0.772 bits per heavy atom. The largest absolute Gasteiger partial charge is 0.0651 e. The summed E-state index contributed by atoms with van der Waals surface area (Å²) >= 11 is 0. The van der Waals surface area contributed by atoms with Crippen LogP contribution in [-0.2, 0) is 0 Å². The monoisotopic (exact) mass is 1120 g/mol. The van der Waals surface area contributed by atoms with Crippen molar-refractivity contribution in [2.24, 2.45) is 98.1 Å². The molecule has 0 spiro atoms. The molecule has 3 fully saturated rings. The molecule has 0 radical (unpaired) electrons. The Morgan fingerprint density at radius 1 is 0.392 bits per heavy atom. The smallest absolute Gasteiger partial charge is 0.0334 e. The summed E-state index contributed by atoms with van der Waals surface area (Å²) in [5.74, 6) is 10.8. The topological polar surface area (TPSA) is 0 Å². The zero-order valence-electron chi connectivity index (χ0n) is 64.4. The van der Waals surface area contributed by atoms with Gasteiger partial charge in [0.05, 0.1) is 0 Å². The maximum absolute atomic E-state index is 2.36. The Hall–Kier alpha value is 0. The highest BCUT2D eigenvalue weighted by molar-refractivity contribution is 4.74. The molecule has 0 amide bonds. The van der Waals surface area contributed by atoms with Gasteiger partial charge in [0, 0.05) is 0 Å². The molecule has 0 nitrogen and oxygen atoms in total. The van der Waals surface area contributed by atoms with Crippen molar-refractivity contribution < 1.29 is 0 Å². The molecule has 0 N–H and O–H groups in total. The van der Waals surface area contributed by atoms with Gasteiger partial charge < -0.3 is 0 Å². The first-order valence-electron chi connectivity index (χ1n) is 35.9. The van der Waals surface area contributed by atoms with Crippen molar-refractivity contribution in [2.75, 3.05) is 0 Å². The van der Waals surface area contributed by atoms with Gasteiger partial charge >= 0.3 is 0 Å². The SMILES string of the molecule is CC(C)C(C)(C)C.CC(C)C(C)C(C)C.CC(C)CC(C)C.CC1(C)CCCC1.CC1CCCCC1.CCC(C)(C)C(C)C.CCC(C)(C)CC.CCC(C)(C)CC.CCC(CC)CC.CCC1CCCC1.CC[C@H](C)C(C)C. The third kappa shape index (κ3) is 76.0. The van der Waals surface area contributed by atoms with Crippen LogP contribution in [0.5, 0.6) is 0 Å². The molecule has 0 aromatic carbocycles. The second-order valence-corrected chi connectivity index (χ2v) is 32.5.